The lowest BCUT2D eigenvalue weighted by atomic mass is 10.2. The van der Waals surface area contributed by atoms with Crippen LogP contribution in [0.15, 0.2) is 18.2 Å². The van der Waals surface area contributed by atoms with Crippen molar-refractivity contribution in [2.24, 2.45) is 0 Å². The standard InChI is InChI=1S/C15H23O4P/c1-5-11(4)20(17)15(16)14-12(18-6-2)9-8-10-13(14)19-7-3/h8-11,20H,5-7H2,1-4H3. The van der Waals surface area contributed by atoms with Crippen LogP contribution in [0, 0.1) is 0 Å². The van der Waals surface area contributed by atoms with E-state index in [9.17, 15) is 9.36 Å². The quantitative estimate of drug-likeness (QED) is 0.681. The van der Waals surface area contributed by atoms with E-state index in [0.717, 1.165) is 0 Å². The maximum atomic E-state index is 12.5. The van der Waals surface area contributed by atoms with Gasteiger partial charge in [0.05, 0.1) is 13.2 Å². The van der Waals surface area contributed by atoms with Crippen molar-refractivity contribution >= 4 is 13.3 Å². The summed E-state index contributed by atoms with van der Waals surface area (Å²) >= 11 is 0. The first-order valence-corrected chi connectivity index (χ1v) is 8.52. The third-order valence-electron chi connectivity index (χ3n) is 3.10. The highest BCUT2D eigenvalue weighted by atomic mass is 31.1. The van der Waals surface area contributed by atoms with Crippen molar-refractivity contribution in [3.8, 4) is 11.5 Å². The zero-order valence-electron chi connectivity index (χ0n) is 12.6. The molecule has 0 bridgehead atoms. The number of carbonyl (C=O) groups excluding carboxylic acids is 1. The minimum atomic E-state index is -2.38. The Labute approximate surface area is 121 Å². The molecule has 20 heavy (non-hydrogen) atoms. The van der Waals surface area contributed by atoms with Gasteiger partial charge in [0.2, 0.25) is 5.52 Å². The number of benzene rings is 1. The lowest BCUT2D eigenvalue weighted by molar-refractivity contribution is 0.107. The fourth-order valence-corrected chi connectivity index (χ4v) is 3.13. The fraction of sp³-hybridized carbons (Fsp3) is 0.533. The molecule has 0 heterocycles. The van der Waals surface area contributed by atoms with Crippen LogP contribution in [0.1, 0.15) is 44.5 Å². The summed E-state index contributed by atoms with van der Waals surface area (Å²) in [6.45, 7) is 8.35. The lowest BCUT2D eigenvalue weighted by Crippen LogP contribution is -2.08. The van der Waals surface area contributed by atoms with E-state index in [2.05, 4.69) is 0 Å². The molecule has 0 radical (unpaired) electrons. The summed E-state index contributed by atoms with van der Waals surface area (Å²) in [5.74, 6) is 0.898. The predicted molar refractivity (Wildman–Crippen MR) is 81.9 cm³/mol. The SMILES string of the molecule is CCOc1cccc(OCC)c1C(=O)[PH](=O)C(C)CC. The van der Waals surface area contributed by atoms with Crippen molar-refractivity contribution in [2.75, 3.05) is 13.2 Å². The Hall–Kier alpha value is -1.28. The zero-order chi connectivity index (χ0) is 15.1. The van der Waals surface area contributed by atoms with Gasteiger partial charge in [-0.15, -0.1) is 0 Å². The van der Waals surface area contributed by atoms with Crippen LogP contribution in [-0.2, 0) is 4.57 Å². The van der Waals surface area contributed by atoms with Crippen molar-refractivity contribution in [1.82, 2.24) is 0 Å². The van der Waals surface area contributed by atoms with E-state index >= 15 is 0 Å². The first kappa shape index (κ1) is 16.8. The van der Waals surface area contributed by atoms with E-state index < -0.39 is 7.80 Å². The predicted octanol–water partition coefficient (Wildman–Crippen LogP) is 3.98. The molecule has 1 aromatic carbocycles. The molecule has 0 N–H and O–H groups in total. The first-order valence-electron chi connectivity index (χ1n) is 7.03. The maximum absolute atomic E-state index is 12.5. The summed E-state index contributed by atoms with van der Waals surface area (Å²) < 4.78 is 23.3. The monoisotopic (exact) mass is 298 g/mol. The molecule has 2 atom stereocenters. The molecule has 0 spiro atoms. The molecular weight excluding hydrogens is 275 g/mol. The van der Waals surface area contributed by atoms with E-state index in [1.54, 1.807) is 18.2 Å². The van der Waals surface area contributed by atoms with E-state index in [-0.39, 0.29) is 11.2 Å². The van der Waals surface area contributed by atoms with E-state index in [4.69, 9.17) is 9.47 Å². The van der Waals surface area contributed by atoms with Crippen LogP contribution < -0.4 is 9.47 Å². The highest BCUT2D eigenvalue weighted by Crippen LogP contribution is 2.41. The van der Waals surface area contributed by atoms with Crippen LogP contribution in [0.2, 0.25) is 0 Å². The first-order chi connectivity index (χ1) is 9.56. The smallest absolute Gasteiger partial charge is 0.226 e. The molecule has 0 aliphatic heterocycles. The summed E-state index contributed by atoms with van der Waals surface area (Å²) in [6, 6.07) is 5.20. The molecule has 1 aromatic rings. The molecule has 0 fully saturated rings. The second-order valence-electron chi connectivity index (χ2n) is 4.50. The van der Waals surface area contributed by atoms with E-state index in [1.807, 2.05) is 27.7 Å². The van der Waals surface area contributed by atoms with Gasteiger partial charge in [0.15, 0.2) is 0 Å². The molecule has 2 unspecified atom stereocenters. The van der Waals surface area contributed by atoms with Crippen LogP contribution in [0.25, 0.3) is 0 Å². The lowest BCUT2D eigenvalue weighted by Gasteiger charge is -2.15. The Morgan fingerprint density at radius 3 is 2.05 bits per heavy atom. The van der Waals surface area contributed by atoms with Gasteiger partial charge in [-0.2, -0.15) is 0 Å². The third-order valence-corrected chi connectivity index (χ3v) is 5.10. The van der Waals surface area contributed by atoms with Crippen molar-refractivity contribution in [2.45, 2.75) is 39.8 Å². The van der Waals surface area contributed by atoms with Gasteiger partial charge in [0.1, 0.15) is 24.9 Å². The number of rotatable bonds is 8. The van der Waals surface area contributed by atoms with Gasteiger partial charge in [-0.1, -0.05) is 19.9 Å². The van der Waals surface area contributed by atoms with E-state index in [1.165, 1.54) is 0 Å². The van der Waals surface area contributed by atoms with Crippen molar-refractivity contribution < 1.29 is 18.8 Å². The van der Waals surface area contributed by atoms with Crippen LogP contribution >= 0.6 is 7.80 Å². The molecule has 5 heteroatoms. The van der Waals surface area contributed by atoms with Crippen molar-refractivity contribution in [3.05, 3.63) is 23.8 Å². The largest absolute Gasteiger partial charge is 0.493 e. The molecule has 1 rings (SSSR count). The van der Waals surface area contributed by atoms with Gasteiger partial charge in [-0.25, -0.2) is 0 Å². The van der Waals surface area contributed by atoms with E-state index in [0.29, 0.717) is 36.7 Å². The molecular formula is C15H23O4P. The van der Waals surface area contributed by atoms with Crippen LogP contribution in [-0.4, -0.2) is 24.4 Å². The van der Waals surface area contributed by atoms with Crippen LogP contribution in [0.4, 0.5) is 0 Å². The van der Waals surface area contributed by atoms with Crippen LogP contribution in [0.5, 0.6) is 11.5 Å². The highest BCUT2D eigenvalue weighted by Gasteiger charge is 2.26. The topological polar surface area (TPSA) is 52.6 Å². The molecule has 4 nitrogen and oxygen atoms in total. The average Bonchev–Trinajstić information content (AvgIpc) is 2.46. The number of hydrogen-bond acceptors (Lipinski definition) is 4. The van der Waals surface area contributed by atoms with Gasteiger partial charge < -0.3 is 14.0 Å². The molecule has 0 amide bonds. The Kier molecular flexibility index (Phi) is 6.80. The van der Waals surface area contributed by atoms with Gasteiger partial charge in [-0.05, 0) is 32.4 Å². The van der Waals surface area contributed by atoms with Crippen molar-refractivity contribution in [3.63, 3.8) is 0 Å². The maximum Gasteiger partial charge on any atom is 0.226 e. The molecule has 0 aliphatic rings. The summed E-state index contributed by atoms with van der Waals surface area (Å²) in [7, 11) is -2.38. The Morgan fingerprint density at radius 2 is 1.65 bits per heavy atom. The Balaban J connectivity index is 3.24. The summed E-state index contributed by atoms with van der Waals surface area (Å²) in [5.41, 5.74) is -0.145. The van der Waals surface area contributed by atoms with Gasteiger partial charge >= 0.3 is 0 Å². The highest BCUT2D eigenvalue weighted by molar-refractivity contribution is 7.65. The fourth-order valence-electron chi connectivity index (χ4n) is 1.82. The summed E-state index contributed by atoms with van der Waals surface area (Å²) in [5, 5.41) is 0. The normalized spacial score (nSPS) is 13.6. The van der Waals surface area contributed by atoms with Crippen LogP contribution in [0.3, 0.4) is 0 Å². The zero-order valence-corrected chi connectivity index (χ0v) is 13.6. The number of carbonyl (C=O) groups is 1. The van der Waals surface area contributed by atoms with Gasteiger partial charge in [-0.3, -0.25) is 4.79 Å². The summed E-state index contributed by atoms with van der Waals surface area (Å²) in [6.07, 6.45) is 0.713. The van der Waals surface area contributed by atoms with Crippen molar-refractivity contribution in [1.29, 1.82) is 0 Å². The Morgan fingerprint density at radius 1 is 1.15 bits per heavy atom. The molecule has 112 valence electrons. The second-order valence-corrected chi connectivity index (χ2v) is 6.67. The molecule has 0 saturated heterocycles. The molecule has 0 saturated carbocycles. The second kappa shape index (κ2) is 8.11. The van der Waals surface area contributed by atoms with Gasteiger partial charge in [0.25, 0.3) is 0 Å². The minimum Gasteiger partial charge on any atom is -0.493 e. The summed E-state index contributed by atoms with van der Waals surface area (Å²) in [4.78, 5) is 12.5. The molecule has 0 aliphatic carbocycles. The molecule has 0 aromatic heterocycles. The third kappa shape index (κ3) is 3.86. The number of hydrogen-bond donors (Lipinski definition) is 0. The minimum absolute atomic E-state index is 0.114. The average molecular weight is 298 g/mol. The number of ether oxygens (including phenoxy) is 2. The van der Waals surface area contributed by atoms with Gasteiger partial charge in [0, 0.05) is 5.66 Å². The Bertz CT molecular complexity index is 461.